The van der Waals surface area contributed by atoms with E-state index in [0.717, 1.165) is 26.2 Å². The largest absolute Gasteiger partial charge is 0.496 e. The summed E-state index contributed by atoms with van der Waals surface area (Å²) >= 11 is 4.90. The van der Waals surface area contributed by atoms with Crippen molar-refractivity contribution in [3.8, 4) is 17.2 Å². The van der Waals surface area contributed by atoms with E-state index in [1.165, 1.54) is 16.7 Å². The molecule has 39 heavy (non-hydrogen) atoms. The molecule has 0 bridgehead atoms. The van der Waals surface area contributed by atoms with Crippen LogP contribution in [0.15, 0.2) is 74.9 Å². The maximum Gasteiger partial charge on any atom is 0.265 e. The van der Waals surface area contributed by atoms with Crippen LogP contribution in [-0.4, -0.2) is 45.2 Å². The van der Waals surface area contributed by atoms with Crippen molar-refractivity contribution in [2.45, 2.75) is 25.2 Å². The van der Waals surface area contributed by atoms with Crippen LogP contribution >= 0.6 is 27.7 Å². The van der Waals surface area contributed by atoms with Gasteiger partial charge in [0, 0.05) is 11.4 Å². The number of carbonyl (C=O) groups excluding carboxylic acids is 2. The van der Waals surface area contributed by atoms with Gasteiger partial charge in [0.1, 0.15) is 12.3 Å². The van der Waals surface area contributed by atoms with E-state index in [2.05, 4.69) is 21.2 Å². The van der Waals surface area contributed by atoms with E-state index in [-0.39, 0.29) is 18.4 Å². The molecule has 4 rings (SSSR count). The van der Waals surface area contributed by atoms with Gasteiger partial charge in [0.15, 0.2) is 11.5 Å². The summed E-state index contributed by atoms with van der Waals surface area (Å²) in [7, 11) is 1.61. The van der Waals surface area contributed by atoms with Crippen molar-refractivity contribution in [3.05, 3.63) is 81.2 Å². The molecule has 0 aromatic heterocycles. The van der Waals surface area contributed by atoms with Crippen LogP contribution in [0, 0.1) is 0 Å². The number of methoxy groups -OCH3 is 1. The van der Waals surface area contributed by atoms with Crippen LogP contribution < -0.4 is 24.4 Å². The maximum absolute atomic E-state index is 13.5. The third kappa shape index (κ3) is 7.16. The van der Waals surface area contributed by atoms with Crippen molar-refractivity contribution in [2.24, 2.45) is 0 Å². The van der Waals surface area contributed by atoms with Crippen molar-refractivity contribution >= 4 is 51.3 Å². The summed E-state index contributed by atoms with van der Waals surface area (Å²) in [4.78, 5) is 29.5. The van der Waals surface area contributed by atoms with Gasteiger partial charge in [-0.25, -0.2) is 0 Å². The van der Waals surface area contributed by atoms with E-state index in [9.17, 15) is 9.59 Å². The van der Waals surface area contributed by atoms with Gasteiger partial charge in [-0.15, -0.1) is 0 Å². The maximum atomic E-state index is 13.5. The monoisotopic (exact) mass is 610 g/mol. The van der Waals surface area contributed by atoms with Gasteiger partial charge in [-0.3, -0.25) is 14.5 Å². The number of amides is 2. The van der Waals surface area contributed by atoms with Gasteiger partial charge in [-0.1, -0.05) is 36.0 Å². The number of thioether (sulfide) groups is 1. The van der Waals surface area contributed by atoms with Crippen molar-refractivity contribution < 1.29 is 23.8 Å². The molecule has 0 saturated carbocycles. The van der Waals surface area contributed by atoms with Crippen molar-refractivity contribution in [1.82, 2.24) is 5.32 Å². The van der Waals surface area contributed by atoms with Gasteiger partial charge in [-0.2, -0.15) is 0 Å². The number of anilines is 1. The highest BCUT2D eigenvalue weighted by atomic mass is 79.9. The molecule has 0 unspecified atom stereocenters. The van der Waals surface area contributed by atoms with Crippen LogP contribution in [0.2, 0.25) is 0 Å². The topological polar surface area (TPSA) is 77.1 Å². The second-order valence-electron chi connectivity index (χ2n) is 8.61. The molecule has 0 atom stereocenters. The molecule has 7 nitrogen and oxygen atoms in total. The average molecular weight is 612 g/mol. The molecule has 3 aromatic carbocycles. The molecule has 1 N–H and O–H groups in total. The minimum absolute atomic E-state index is 0.0759. The van der Waals surface area contributed by atoms with Crippen LogP contribution in [-0.2, 0) is 16.0 Å². The number of fused-ring (bicyclic) bond motifs is 1. The standard InChI is InChI=1S/C30H31BrN2O5S/c1-4-37-25-13-10-20(17-26(25)38-5-2)14-15-32-29(34)19-33-23-8-6-7-9-27(23)39-28(30(33)35)18-21-11-12-24(36-3)22(31)16-21/h6-13,16-18H,4-5,14-15,19H2,1-3H3,(H,32,34)/b28-18+. The predicted octanol–water partition coefficient (Wildman–Crippen LogP) is 6.09. The first-order valence-corrected chi connectivity index (χ1v) is 14.3. The molecule has 9 heteroatoms. The fourth-order valence-electron chi connectivity index (χ4n) is 4.14. The summed E-state index contributed by atoms with van der Waals surface area (Å²) in [5, 5.41) is 2.95. The van der Waals surface area contributed by atoms with Gasteiger partial charge >= 0.3 is 0 Å². The number of nitrogens with one attached hydrogen (secondary N) is 1. The van der Waals surface area contributed by atoms with Crippen LogP contribution in [0.1, 0.15) is 25.0 Å². The Kier molecular flexibility index (Phi) is 9.95. The van der Waals surface area contributed by atoms with E-state index >= 15 is 0 Å². The fourth-order valence-corrected chi connectivity index (χ4v) is 5.76. The SMILES string of the molecule is CCOc1ccc(CCNC(=O)CN2C(=O)/C(=C\c3ccc(OC)c(Br)c3)Sc3ccccc32)cc1OCC. The number of hydrogen-bond acceptors (Lipinski definition) is 6. The van der Waals surface area contributed by atoms with Crippen molar-refractivity contribution in [1.29, 1.82) is 0 Å². The lowest BCUT2D eigenvalue weighted by Gasteiger charge is -2.29. The molecular formula is C30H31BrN2O5S. The molecule has 0 radical (unpaired) electrons. The van der Waals surface area contributed by atoms with Crippen molar-refractivity contribution in [3.63, 3.8) is 0 Å². The van der Waals surface area contributed by atoms with E-state index in [4.69, 9.17) is 14.2 Å². The van der Waals surface area contributed by atoms with Gasteiger partial charge in [0.25, 0.3) is 5.91 Å². The van der Waals surface area contributed by atoms with E-state index < -0.39 is 0 Å². The molecule has 1 aliphatic rings. The molecule has 2 amide bonds. The summed E-state index contributed by atoms with van der Waals surface area (Å²) < 4.78 is 17.4. The Hall–Kier alpha value is -3.43. The first kappa shape index (κ1) is 28.6. The Morgan fingerprint density at radius 2 is 1.74 bits per heavy atom. The summed E-state index contributed by atoms with van der Waals surface area (Å²) in [5.74, 6) is 1.67. The first-order valence-electron chi connectivity index (χ1n) is 12.7. The number of hydrogen-bond donors (Lipinski definition) is 1. The van der Waals surface area contributed by atoms with E-state index in [0.29, 0.717) is 48.3 Å². The van der Waals surface area contributed by atoms with Crippen LogP contribution in [0.5, 0.6) is 17.2 Å². The Bertz CT molecular complexity index is 1380. The summed E-state index contributed by atoms with van der Waals surface area (Å²) in [5.41, 5.74) is 2.60. The zero-order valence-corrected chi connectivity index (χ0v) is 24.6. The lowest BCUT2D eigenvalue weighted by molar-refractivity contribution is -0.122. The lowest BCUT2D eigenvalue weighted by Crippen LogP contribution is -2.43. The minimum Gasteiger partial charge on any atom is -0.496 e. The van der Waals surface area contributed by atoms with Crippen LogP contribution in [0.3, 0.4) is 0 Å². The van der Waals surface area contributed by atoms with E-state index in [1.54, 1.807) is 7.11 Å². The molecule has 0 spiro atoms. The van der Waals surface area contributed by atoms with Gasteiger partial charge in [0.2, 0.25) is 5.91 Å². The predicted molar refractivity (Wildman–Crippen MR) is 159 cm³/mol. The molecule has 0 saturated heterocycles. The second kappa shape index (κ2) is 13.6. The number of ether oxygens (including phenoxy) is 3. The third-order valence-corrected chi connectivity index (χ3v) is 7.65. The molecular weight excluding hydrogens is 580 g/mol. The molecule has 204 valence electrons. The number of para-hydroxylation sites is 1. The number of nitrogens with zero attached hydrogens (tertiary/aromatic N) is 1. The van der Waals surface area contributed by atoms with Gasteiger partial charge in [-0.05, 0) is 89.8 Å². The number of halogens is 1. The average Bonchev–Trinajstić information content (AvgIpc) is 2.93. The Labute approximate surface area is 241 Å². The number of benzene rings is 3. The summed E-state index contributed by atoms with van der Waals surface area (Å²) in [6.07, 6.45) is 2.45. The van der Waals surface area contributed by atoms with Crippen LogP contribution in [0.4, 0.5) is 5.69 Å². The number of rotatable bonds is 11. The highest BCUT2D eigenvalue weighted by Crippen LogP contribution is 2.42. The molecule has 0 fully saturated rings. The molecule has 1 heterocycles. The zero-order chi connectivity index (χ0) is 27.8. The van der Waals surface area contributed by atoms with E-state index in [1.807, 2.05) is 80.6 Å². The quantitative estimate of drug-likeness (QED) is 0.265. The molecule has 1 aliphatic heterocycles. The highest BCUT2D eigenvalue weighted by Gasteiger charge is 2.30. The van der Waals surface area contributed by atoms with Gasteiger partial charge in [0.05, 0.1) is 35.4 Å². The first-order chi connectivity index (χ1) is 18.9. The second-order valence-corrected chi connectivity index (χ2v) is 10.5. The Morgan fingerprint density at radius 1 is 1.00 bits per heavy atom. The Balaban J connectivity index is 1.44. The molecule has 0 aliphatic carbocycles. The lowest BCUT2D eigenvalue weighted by atomic mass is 10.1. The normalized spacial score (nSPS) is 13.7. The highest BCUT2D eigenvalue weighted by molar-refractivity contribution is 9.10. The Morgan fingerprint density at radius 3 is 2.49 bits per heavy atom. The van der Waals surface area contributed by atoms with Crippen LogP contribution in [0.25, 0.3) is 6.08 Å². The smallest absolute Gasteiger partial charge is 0.265 e. The summed E-state index contributed by atoms with van der Waals surface area (Å²) in [6, 6.07) is 19.0. The van der Waals surface area contributed by atoms with Crippen molar-refractivity contribution in [2.75, 3.05) is 38.3 Å². The summed E-state index contributed by atoms with van der Waals surface area (Å²) in [6.45, 7) is 5.31. The molecule has 3 aromatic rings. The van der Waals surface area contributed by atoms with Gasteiger partial charge < -0.3 is 19.5 Å². The number of carbonyl (C=O) groups is 2. The third-order valence-electron chi connectivity index (χ3n) is 5.95. The minimum atomic E-state index is -0.229. The fraction of sp³-hybridized carbons (Fsp3) is 0.267. The zero-order valence-electron chi connectivity index (χ0n) is 22.2.